The third-order valence-corrected chi connectivity index (χ3v) is 2.94. The van der Waals surface area contributed by atoms with E-state index in [1.165, 1.54) is 0 Å². The Balaban J connectivity index is 1.99. The van der Waals surface area contributed by atoms with Crippen molar-refractivity contribution in [2.75, 3.05) is 13.7 Å². The van der Waals surface area contributed by atoms with Gasteiger partial charge in [-0.1, -0.05) is 13.8 Å². The summed E-state index contributed by atoms with van der Waals surface area (Å²) in [4.78, 5) is 8.82. The van der Waals surface area contributed by atoms with Crippen molar-refractivity contribution in [1.29, 1.82) is 0 Å². The first-order chi connectivity index (χ1) is 9.69. The fourth-order valence-corrected chi connectivity index (χ4v) is 1.84. The molecular weight excluding hydrogens is 250 g/mol. The highest BCUT2D eigenvalue weighted by Gasteiger charge is 2.02. The third kappa shape index (κ3) is 4.03. The van der Waals surface area contributed by atoms with Crippen LogP contribution in [0.1, 0.15) is 19.4 Å². The Kier molecular flexibility index (Phi) is 5.07. The molecule has 0 amide bonds. The van der Waals surface area contributed by atoms with Crippen LogP contribution < -0.4 is 10.1 Å². The van der Waals surface area contributed by atoms with Crippen LogP contribution in [0.25, 0.3) is 11.4 Å². The lowest BCUT2D eigenvalue weighted by molar-refractivity contribution is 0.415. The Morgan fingerprint density at radius 3 is 2.30 bits per heavy atom. The number of nitrogens with zero attached hydrogens (tertiary/aromatic N) is 2. The monoisotopic (exact) mass is 271 g/mol. The Labute approximate surface area is 120 Å². The summed E-state index contributed by atoms with van der Waals surface area (Å²) in [6, 6.07) is 7.75. The van der Waals surface area contributed by atoms with Crippen molar-refractivity contribution in [2.45, 2.75) is 20.4 Å². The van der Waals surface area contributed by atoms with Gasteiger partial charge in [0.2, 0.25) is 0 Å². The van der Waals surface area contributed by atoms with Crippen LogP contribution in [0.3, 0.4) is 0 Å². The fraction of sp³-hybridized carbons (Fsp3) is 0.375. The van der Waals surface area contributed by atoms with Crippen LogP contribution in [0.2, 0.25) is 0 Å². The molecule has 0 aliphatic carbocycles. The molecule has 106 valence electrons. The smallest absolute Gasteiger partial charge is 0.159 e. The van der Waals surface area contributed by atoms with Crippen molar-refractivity contribution in [3.8, 4) is 17.1 Å². The van der Waals surface area contributed by atoms with Gasteiger partial charge in [0.25, 0.3) is 0 Å². The molecule has 20 heavy (non-hydrogen) atoms. The Morgan fingerprint density at radius 2 is 1.75 bits per heavy atom. The molecular formula is C16H21N3O. The van der Waals surface area contributed by atoms with E-state index in [2.05, 4.69) is 29.1 Å². The van der Waals surface area contributed by atoms with Crippen LogP contribution in [0.4, 0.5) is 0 Å². The normalized spacial score (nSPS) is 10.8. The van der Waals surface area contributed by atoms with Crippen molar-refractivity contribution < 1.29 is 4.74 Å². The predicted octanol–water partition coefficient (Wildman–Crippen LogP) is 2.90. The highest BCUT2D eigenvalue weighted by molar-refractivity contribution is 5.55. The van der Waals surface area contributed by atoms with Crippen molar-refractivity contribution in [3.63, 3.8) is 0 Å². The highest BCUT2D eigenvalue weighted by Crippen LogP contribution is 2.18. The van der Waals surface area contributed by atoms with Gasteiger partial charge in [0.05, 0.1) is 7.11 Å². The molecule has 0 spiro atoms. The molecule has 0 saturated heterocycles. The van der Waals surface area contributed by atoms with E-state index >= 15 is 0 Å². The number of aromatic nitrogens is 2. The quantitative estimate of drug-likeness (QED) is 0.877. The summed E-state index contributed by atoms with van der Waals surface area (Å²) in [6.45, 7) is 6.19. The molecule has 0 aliphatic rings. The van der Waals surface area contributed by atoms with E-state index < -0.39 is 0 Å². The summed E-state index contributed by atoms with van der Waals surface area (Å²) in [6.07, 6.45) is 3.75. The SMILES string of the molecule is COc1ccc(-c2ncc(CNCC(C)C)cn2)cc1. The van der Waals surface area contributed by atoms with Crippen molar-refractivity contribution in [1.82, 2.24) is 15.3 Å². The molecule has 0 fully saturated rings. The average Bonchev–Trinajstić information content (AvgIpc) is 2.48. The zero-order valence-electron chi connectivity index (χ0n) is 12.3. The minimum Gasteiger partial charge on any atom is -0.497 e. The molecule has 1 N–H and O–H groups in total. The van der Waals surface area contributed by atoms with Gasteiger partial charge in [-0.3, -0.25) is 0 Å². The van der Waals surface area contributed by atoms with Crippen LogP contribution in [-0.2, 0) is 6.54 Å². The molecule has 0 bridgehead atoms. The number of methoxy groups -OCH3 is 1. The van der Waals surface area contributed by atoms with Crippen LogP contribution in [-0.4, -0.2) is 23.6 Å². The van der Waals surface area contributed by atoms with Gasteiger partial charge in [-0.2, -0.15) is 0 Å². The topological polar surface area (TPSA) is 47.0 Å². The van der Waals surface area contributed by atoms with Crippen LogP contribution >= 0.6 is 0 Å². The second-order valence-electron chi connectivity index (χ2n) is 5.17. The molecule has 0 radical (unpaired) electrons. The zero-order valence-corrected chi connectivity index (χ0v) is 12.3. The molecule has 4 heteroatoms. The van der Waals surface area contributed by atoms with Gasteiger partial charge in [0, 0.05) is 30.1 Å². The lowest BCUT2D eigenvalue weighted by Crippen LogP contribution is -2.19. The number of benzene rings is 1. The van der Waals surface area contributed by atoms with Crippen LogP contribution in [0, 0.1) is 5.92 Å². The molecule has 0 unspecified atom stereocenters. The largest absolute Gasteiger partial charge is 0.497 e. The number of rotatable bonds is 6. The van der Waals surface area contributed by atoms with Gasteiger partial charge in [-0.25, -0.2) is 9.97 Å². The zero-order chi connectivity index (χ0) is 14.4. The molecule has 1 aromatic heterocycles. The van der Waals surface area contributed by atoms with Gasteiger partial charge in [-0.05, 0) is 36.7 Å². The van der Waals surface area contributed by atoms with E-state index in [1.807, 2.05) is 36.7 Å². The van der Waals surface area contributed by atoms with Gasteiger partial charge in [0.1, 0.15) is 5.75 Å². The molecule has 2 rings (SSSR count). The van der Waals surface area contributed by atoms with Crippen molar-refractivity contribution >= 4 is 0 Å². The number of hydrogen-bond acceptors (Lipinski definition) is 4. The Morgan fingerprint density at radius 1 is 1.10 bits per heavy atom. The second kappa shape index (κ2) is 7.01. The summed E-state index contributed by atoms with van der Waals surface area (Å²) in [7, 11) is 1.66. The first-order valence-electron chi connectivity index (χ1n) is 6.85. The second-order valence-corrected chi connectivity index (χ2v) is 5.17. The lowest BCUT2D eigenvalue weighted by Gasteiger charge is -2.07. The maximum atomic E-state index is 5.14. The summed E-state index contributed by atoms with van der Waals surface area (Å²) in [5.41, 5.74) is 2.09. The van der Waals surface area contributed by atoms with E-state index in [-0.39, 0.29) is 0 Å². The first kappa shape index (κ1) is 14.5. The first-order valence-corrected chi connectivity index (χ1v) is 6.85. The minimum absolute atomic E-state index is 0.648. The van der Waals surface area contributed by atoms with E-state index in [0.29, 0.717) is 5.92 Å². The molecule has 1 heterocycles. The summed E-state index contributed by atoms with van der Waals surface area (Å²) >= 11 is 0. The van der Waals surface area contributed by atoms with Gasteiger partial charge in [-0.15, -0.1) is 0 Å². The number of nitrogens with one attached hydrogen (secondary N) is 1. The molecule has 1 aromatic carbocycles. The maximum Gasteiger partial charge on any atom is 0.159 e. The number of hydrogen-bond donors (Lipinski definition) is 1. The van der Waals surface area contributed by atoms with E-state index in [4.69, 9.17) is 4.74 Å². The summed E-state index contributed by atoms with van der Waals surface area (Å²) < 4.78 is 5.14. The number of ether oxygens (including phenoxy) is 1. The molecule has 4 nitrogen and oxygen atoms in total. The van der Waals surface area contributed by atoms with Gasteiger partial charge >= 0.3 is 0 Å². The van der Waals surface area contributed by atoms with Crippen molar-refractivity contribution in [2.24, 2.45) is 5.92 Å². The molecule has 2 aromatic rings. The fourth-order valence-electron chi connectivity index (χ4n) is 1.84. The predicted molar refractivity (Wildman–Crippen MR) is 80.6 cm³/mol. The molecule has 0 aliphatic heterocycles. The standard InChI is InChI=1S/C16H21N3O/c1-12(2)8-17-9-13-10-18-16(19-11-13)14-4-6-15(20-3)7-5-14/h4-7,10-12,17H,8-9H2,1-3H3. The van der Waals surface area contributed by atoms with E-state index in [0.717, 1.165) is 35.8 Å². The van der Waals surface area contributed by atoms with E-state index in [9.17, 15) is 0 Å². The lowest BCUT2D eigenvalue weighted by atomic mass is 10.2. The summed E-state index contributed by atoms with van der Waals surface area (Å²) in [5.74, 6) is 2.22. The maximum absolute atomic E-state index is 5.14. The highest BCUT2D eigenvalue weighted by atomic mass is 16.5. The van der Waals surface area contributed by atoms with Crippen LogP contribution in [0.5, 0.6) is 5.75 Å². The van der Waals surface area contributed by atoms with Crippen LogP contribution in [0.15, 0.2) is 36.7 Å². The van der Waals surface area contributed by atoms with Gasteiger partial charge < -0.3 is 10.1 Å². The Bertz CT molecular complexity index is 520. The molecule has 0 saturated carbocycles. The summed E-state index contributed by atoms with van der Waals surface area (Å²) in [5, 5.41) is 3.38. The Hall–Kier alpha value is -1.94. The van der Waals surface area contributed by atoms with E-state index in [1.54, 1.807) is 7.11 Å². The third-order valence-electron chi connectivity index (χ3n) is 2.94. The van der Waals surface area contributed by atoms with Crippen molar-refractivity contribution in [3.05, 3.63) is 42.2 Å². The van der Waals surface area contributed by atoms with Gasteiger partial charge in [0.15, 0.2) is 5.82 Å². The minimum atomic E-state index is 0.648. The molecule has 0 atom stereocenters. The average molecular weight is 271 g/mol.